The minimum absolute atomic E-state index is 0.0423. The third kappa shape index (κ3) is 1.95. The molecule has 1 aromatic rings. The number of piperidine rings is 1. The second-order valence-electron chi connectivity index (χ2n) is 5.50. The number of anilines is 1. The summed E-state index contributed by atoms with van der Waals surface area (Å²) in [5.41, 5.74) is 7.46. The molecule has 1 amide bonds. The summed E-state index contributed by atoms with van der Waals surface area (Å²) in [6, 6.07) is 5.63. The van der Waals surface area contributed by atoms with Crippen molar-refractivity contribution in [2.24, 2.45) is 5.73 Å². The molecule has 0 aliphatic carbocycles. The first-order valence-corrected chi connectivity index (χ1v) is 7.02. The Bertz CT molecular complexity index is 521. The molecule has 5 heteroatoms. The normalized spacial score (nSPS) is 23.2. The van der Waals surface area contributed by atoms with E-state index in [4.69, 9.17) is 17.3 Å². The highest BCUT2D eigenvalue weighted by Crippen LogP contribution is 2.45. The van der Waals surface area contributed by atoms with E-state index in [1.54, 1.807) is 0 Å². The lowest BCUT2D eigenvalue weighted by Crippen LogP contribution is -2.51. The fraction of sp³-hybridized carbons (Fsp3) is 0.500. The van der Waals surface area contributed by atoms with Crippen LogP contribution in [0.5, 0.6) is 0 Å². The minimum Gasteiger partial charge on any atom is -0.325 e. The maximum absolute atomic E-state index is 12.4. The third-order valence-corrected chi connectivity index (χ3v) is 4.64. The molecule has 0 bridgehead atoms. The number of nitrogens with zero attached hydrogens (tertiary/aromatic N) is 1. The molecule has 2 aliphatic rings. The highest BCUT2D eigenvalue weighted by Gasteiger charge is 2.48. The standard InChI is InChI=1S/C14H18ClN3O/c1-9(16)18-6-4-14(5-7-18)11-8-10(15)2-3-12(11)17-13(14)19/h2-3,8-9H,4-7,16H2,1H3,(H,17,19)/t9-/m0/s1. The number of hydrogen-bond acceptors (Lipinski definition) is 3. The monoisotopic (exact) mass is 279 g/mol. The predicted molar refractivity (Wildman–Crippen MR) is 76.2 cm³/mol. The largest absolute Gasteiger partial charge is 0.325 e. The maximum Gasteiger partial charge on any atom is 0.235 e. The first kappa shape index (κ1) is 12.9. The number of carbonyl (C=O) groups excluding carboxylic acids is 1. The number of carbonyl (C=O) groups is 1. The van der Waals surface area contributed by atoms with Crippen molar-refractivity contribution in [1.82, 2.24) is 4.90 Å². The molecule has 4 nitrogen and oxygen atoms in total. The van der Waals surface area contributed by atoms with Crippen molar-refractivity contribution in [3.8, 4) is 0 Å². The van der Waals surface area contributed by atoms with Crippen LogP contribution in [-0.4, -0.2) is 30.1 Å². The molecular weight excluding hydrogens is 262 g/mol. The van der Waals surface area contributed by atoms with Crippen LogP contribution in [-0.2, 0) is 10.2 Å². The molecule has 19 heavy (non-hydrogen) atoms. The number of fused-ring (bicyclic) bond motifs is 2. The third-order valence-electron chi connectivity index (χ3n) is 4.41. The lowest BCUT2D eigenvalue weighted by molar-refractivity contribution is -0.122. The van der Waals surface area contributed by atoms with Crippen molar-refractivity contribution in [2.75, 3.05) is 18.4 Å². The number of amides is 1. The zero-order valence-corrected chi connectivity index (χ0v) is 11.7. The summed E-state index contributed by atoms with van der Waals surface area (Å²) in [6.07, 6.45) is 1.64. The van der Waals surface area contributed by atoms with Gasteiger partial charge in [0.15, 0.2) is 0 Å². The van der Waals surface area contributed by atoms with E-state index in [0.717, 1.165) is 37.2 Å². The summed E-state index contributed by atoms with van der Waals surface area (Å²) in [6.45, 7) is 3.67. The SMILES string of the molecule is C[C@@H](N)N1CCC2(CC1)C(=O)Nc1ccc(Cl)cc12. The highest BCUT2D eigenvalue weighted by atomic mass is 35.5. The summed E-state index contributed by atoms with van der Waals surface area (Å²) in [5.74, 6) is 0.106. The van der Waals surface area contributed by atoms with Crippen LogP contribution in [0.4, 0.5) is 5.69 Å². The molecule has 0 unspecified atom stereocenters. The van der Waals surface area contributed by atoms with Gasteiger partial charge in [-0.3, -0.25) is 9.69 Å². The van der Waals surface area contributed by atoms with Crippen molar-refractivity contribution in [2.45, 2.75) is 31.3 Å². The quantitative estimate of drug-likeness (QED) is 0.826. The fourth-order valence-corrected chi connectivity index (χ4v) is 3.37. The Kier molecular flexibility index (Phi) is 3.04. The van der Waals surface area contributed by atoms with Crippen molar-refractivity contribution in [3.05, 3.63) is 28.8 Å². The van der Waals surface area contributed by atoms with Crippen LogP contribution in [0.1, 0.15) is 25.3 Å². The number of likely N-dealkylation sites (tertiary alicyclic amines) is 1. The Morgan fingerprint density at radius 2 is 2.11 bits per heavy atom. The number of benzene rings is 1. The van der Waals surface area contributed by atoms with Crippen molar-refractivity contribution >= 4 is 23.2 Å². The molecule has 1 saturated heterocycles. The van der Waals surface area contributed by atoms with E-state index in [2.05, 4.69) is 10.2 Å². The van der Waals surface area contributed by atoms with E-state index < -0.39 is 5.41 Å². The van der Waals surface area contributed by atoms with Gasteiger partial charge in [0, 0.05) is 23.8 Å². The second kappa shape index (κ2) is 4.47. The van der Waals surface area contributed by atoms with Gasteiger partial charge in [-0.15, -0.1) is 0 Å². The summed E-state index contributed by atoms with van der Waals surface area (Å²) >= 11 is 6.08. The van der Waals surface area contributed by atoms with Gasteiger partial charge in [-0.2, -0.15) is 0 Å². The number of rotatable bonds is 1. The van der Waals surface area contributed by atoms with Gasteiger partial charge in [-0.05, 0) is 43.5 Å². The zero-order chi connectivity index (χ0) is 13.6. The topological polar surface area (TPSA) is 58.4 Å². The van der Waals surface area contributed by atoms with Crippen LogP contribution < -0.4 is 11.1 Å². The molecule has 1 aromatic carbocycles. The molecular formula is C14H18ClN3O. The van der Waals surface area contributed by atoms with Gasteiger partial charge in [-0.1, -0.05) is 11.6 Å². The van der Waals surface area contributed by atoms with E-state index in [0.29, 0.717) is 5.02 Å². The lowest BCUT2D eigenvalue weighted by atomic mass is 9.73. The van der Waals surface area contributed by atoms with Crippen LogP contribution in [0, 0.1) is 0 Å². The first-order chi connectivity index (χ1) is 9.03. The molecule has 0 radical (unpaired) electrons. The summed E-state index contributed by atoms with van der Waals surface area (Å²) in [5, 5.41) is 3.67. The number of nitrogens with one attached hydrogen (secondary N) is 1. The van der Waals surface area contributed by atoms with Gasteiger partial charge in [0.05, 0.1) is 11.6 Å². The van der Waals surface area contributed by atoms with E-state index in [9.17, 15) is 4.79 Å². The van der Waals surface area contributed by atoms with E-state index in [-0.39, 0.29) is 12.1 Å². The molecule has 1 atom stereocenters. The molecule has 102 valence electrons. The van der Waals surface area contributed by atoms with Crippen LogP contribution >= 0.6 is 11.6 Å². The van der Waals surface area contributed by atoms with E-state index in [1.165, 1.54) is 0 Å². The average molecular weight is 280 g/mol. The van der Waals surface area contributed by atoms with E-state index >= 15 is 0 Å². The van der Waals surface area contributed by atoms with Gasteiger partial charge in [0.1, 0.15) is 0 Å². The van der Waals surface area contributed by atoms with Crippen LogP contribution in [0.25, 0.3) is 0 Å². The summed E-state index contributed by atoms with van der Waals surface area (Å²) < 4.78 is 0. The lowest BCUT2D eigenvalue weighted by Gasteiger charge is -2.39. The molecule has 0 aromatic heterocycles. The average Bonchev–Trinajstić information content (AvgIpc) is 2.64. The van der Waals surface area contributed by atoms with Gasteiger partial charge in [0.25, 0.3) is 0 Å². The van der Waals surface area contributed by atoms with Crippen molar-refractivity contribution in [1.29, 1.82) is 0 Å². The molecule has 3 N–H and O–H groups in total. The van der Waals surface area contributed by atoms with Gasteiger partial charge in [0.2, 0.25) is 5.91 Å². The fourth-order valence-electron chi connectivity index (χ4n) is 3.20. The number of hydrogen-bond donors (Lipinski definition) is 2. The molecule has 2 aliphatic heterocycles. The van der Waals surface area contributed by atoms with Crippen LogP contribution in [0.15, 0.2) is 18.2 Å². The Morgan fingerprint density at radius 1 is 1.42 bits per heavy atom. The zero-order valence-electron chi connectivity index (χ0n) is 10.9. The first-order valence-electron chi connectivity index (χ1n) is 6.64. The highest BCUT2D eigenvalue weighted by molar-refractivity contribution is 6.31. The molecule has 0 saturated carbocycles. The predicted octanol–water partition coefficient (Wildman–Crippen LogP) is 1.93. The minimum atomic E-state index is -0.411. The summed E-state index contributed by atoms with van der Waals surface area (Å²) in [4.78, 5) is 14.6. The molecule has 3 rings (SSSR count). The Labute approximate surface area is 117 Å². The molecule has 1 fully saturated rings. The smallest absolute Gasteiger partial charge is 0.235 e. The number of halogens is 1. The van der Waals surface area contributed by atoms with Crippen molar-refractivity contribution in [3.63, 3.8) is 0 Å². The maximum atomic E-state index is 12.4. The number of nitrogens with two attached hydrogens (primary N) is 1. The van der Waals surface area contributed by atoms with Gasteiger partial charge < -0.3 is 11.1 Å². The molecule has 2 heterocycles. The Morgan fingerprint density at radius 3 is 2.74 bits per heavy atom. The second-order valence-corrected chi connectivity index (χ2v) is 5.94. The van der Waals surface area contributed by atoms with Crippen molar-refractivity contribution < 1.29 is 4.79 Å². The Balaban J connectivity index is 1.94. The van der Waals surface area contributed by atoms with Gasteiger partial charge >= 0.3 is 0 Å². The van der Waals surface area contributed by atoms with Crippen LogP contribution in [0.2, 0.25) is 5.02 Å². The van der Waals surface area contributed by atoms with Crippen LogP contribution in [0.3, 0.4) is 0 Å². The molecule has 1 spiro atoms. The summed E-state index contributed by atoms with van der Waals surface area (Å²) in [7, 11) is 0. The Hall–Kier alpha value is -1.10. The van der Waals surface area contributed by atoms with E-state index in [1.807, 2.05) is 25.1 Å². The van der Waals surface area contributed by atoms with Gasteiger partial charge in [-0.25, -0.2) is 0 Å².